The summed E-state index contributed by atoms with van der Waals surface area (Å²) >= 11 is 0. The number of hydrogen-bond donors (Lipinski definition) is 1. The summed E-state index contributed by atoms with van der Waals surface area (Å²) in [7, 11) is 0. The van der Waals surface area contributed by atoms with Crippen molar-refractivity contribution in [3.8, 4) is 11.5 Å². The fourth-order valence-corrected chi connectivity index (χ4v) is 4.71. The van der Waals surface area contributed by atoms with Gasteiger partial charge < -0.3 is 19.5 Å². The van der Waals surface area contributed by atoms with Crippen LogP contribution in [0.4, 0.5) is 0 Å². The predicted octanol–water partition coefficient (Wildman–Crippen LogP) is 4.71. The van der Waals surface area contributed by atoms with Crippen LogP contribution in [0.3, 0.4) is 0 Å². The number of rotatable bonds is 7. The first-order chi connectivity index (χ1) is 13.5. The molecule has 2 aliphatic heterocycles. The Labute approximate surface area is 168 Å². The van der Waals surface area contributed by atoms with Crippen molar-refractivity contribution >= 4 is 0 Å². The lowest BCUT2D eigenvalue weighted by atomic mass is 9.68. The van der Waals surface area contributed by atoms with E-state index < -0.39 is 0 Å². The van der Waals surface area contributed by atoms with Crippen LogP contribution in [-0.4, -0.2) is 25.5 Å². The summed E-state index contributed by atoms with van der Waals surface area (Å²) in [6.07, 6.45) is 4.49. The summed E-state index contributed by atoms with van der Waals surface area (Å²) in [5.41, 5.74) is 2.89. The molecule has 0 unspecified atom stereocenters. The first-order valence-corrected chi connectivity index (χ1v) is 10.3. The van der Waals surface area contributed by atoms with Gasteiger partial charge in [-0.05, 0) is 74.8 Å². The summed E-state index contributed by atoms with van der Waals surface area (Å²) in [5, 5.41) is 3.64. The molecule has 2 aromatic carbocycles. The van der Waals surface area contributed by atoms with Crippen molar-refractivity contribution in [2.75, 3.05) is 19.9 Å². The van der Waals surface area contributed by atoms with Gasteiger partial charge in [0.05, 0.1) is 5.60 Å². The molecule has 1 atom stereocenters. The van der Waals surface area contributed by atoms with E-state index in [-0.39, 0.29) is 11.0 Å². The smallest absolute Gasteiger partial charge is 0.231 e. The minimum absolute atomic E-state index is 0.0512. The normalized spacial score (nSPS) is 22.9. The molecular weight excluding hydrogens is 350 g/mol. The second kappa shape index (κ2) is 8.14. The lowest BCUT2D eigenvalue weighted by Crippen LogP contribution is -2.43. The van der Waals surface area contributed by atoms with Crippen molar-refractivity contribution in [1.82, 2.24) is 5.32 Å². The highest BCUT2D eigenvalue weighted by atomic mass is 16.7. The Kier molecular flexibility index (Phi) is 5.61. The van der Waals surface area contributed by atoms with E-state index in [0.717, 1.165) is 56.9 Å². The summed E-state index contributed by atoms with van der Waals surface area (Å²) in [4.78, 5) is 0. The van der Waals surface area contributed by atoms with Gasteiger partial charge in [-0.1, -0.05) is 36.4 Å². The summed E-state index contributed by atoms with van der Waals surface area (Å²) in [6, 6.07) is 17.1. The molecule has 2 aromatic rings. The van der Waals surface area contributed by atoms with Crippen molar-refractivity contribution in [2.24, 2.45) is 5.41 Å². The zero-order valence-corrected chi connectivity index (χ0v) is 17.0. The van der Waals surface area contributed by atoms with Crippen LogP contribution in [0.1, 0.15) is 44.2 Å². The van der Waals surface area contributed by atoms with Gasteiger partial charge in [0.15, 0.2) is 11.5 Å². The fourth-order valence-electron chi connectivity index (χ4n) is 4.71. The van der Waals surface area contributed by atoms with Gasteiger partial charge >= 0.3 is 0 Å². The van der Waals surface area contributed by atoms with E-state index in [1.165, 1.54) is 11.1 Å². The largest absolute Gasteiger partial charge is 0.454 e. The van der Waals surface area contributed by atoms with Crippen LogP contribution in [0.25, 0.3) is 0 Å². The quantitative estimate of drug-likeness (QED) is 0.705. The maximum absolute atomic E-state index is 6.03. The van der Waals surface area contributed by atoms with Crippen LogP contribution >= 0.6 is 0 Å². The van der Waals surface area contributed by atoms with Crippen molar-refractivity contribution in [3.05, 3.63) is 59.7 Å². The van der Waals surface area contributed by atoms with Crippen molar-refractivity contribution in [1.29, 1.82) is 0 Å². The van der Waals surface area contributed by atoms with Gasteiger partial charge in [0, 0.05) is 13.2 Å². The van der Waals surface area contributed by atoms with Gasteiger partial charge in [-0.15, -0.1) is 0 Å². The Morgan fingerprint density at radius 1 is 0.964 bits per heavy atom. The van der Waals surface area contributed by atoms with Crippen molar-refractivity contribution in [3.63, 3.8) is 0 Å². The second-order valence-corrected chi connectivity index (χ2v) is 8.81. The minimum atomic E-state index is -0.0512. The molecule has 0 aromatic heterocycles. The molecule has 0 radical (unpaired) electrons. The Hall–Kier alpha value is -2.04. The average Bonchev–Trinajstić information content (AvgIpc) is 3.13. The van der Waals surface area contributed by atoms with E-state index in [4.69, 9.17) is 14.2 Å². The molecule has 0 saturated carbocycles. The summed E-state index contributed by atoms with van der Waals surface area (Å²) in [5.74, 6) is 1.70. The second-order valence-electron chi connectivity index (χ2n) is 8.81. The standard InChI is InChI=1S/C24H31NO3/c1-23(2)17-24(11-13-28-23,15-19-6-4-3-5-7-19)10-12-25-16-20-8-9-21-22(14-20)27-18-26-21/h3-9,14,25H,10-13,15-18H2,1-2H3/t24-/m0/s1. The molecule has 1 saturated heterocycles. The molecule has 4 rings (SSSR count). The highest BCUT2D eigenvalue weighted by molar-refractivity contribution is 5.44. The number of fused-ring (bicyclic) bond motifs is 1. The Balaban J connectivity index is 1.37. The van der Waals surface area contributed by atoms with Crippen LogP contribution in [0.15, 0.2) is 48.5 Å². The van der Waals surface area contributed by atoms with Gasteiger partial charge in [0.2, 0.25) is 6.79 Å². The van der Waals surface area contributed by atoms with Gasteiger partial charge in [-0.3, -0.25) is 0 Å². The zero-order valence-electron chi connectivity index (χ0n) is 17.0. The Morgan fingerprint density at radius 3 is 2.61 bits per heavy atom. The van der Waals surface area contributed by atoms with Crippen LogP contribution in [0.2, 0.25) is 0 Å². The molecule has 4 nitrogen and oxygen atoms in total. The topological polar surface area (TPSA) is 39.7 Å². The first-order valence-electron chi connectivity index (χ1n) is 10.3. The maximum atomic E-state index is 6.03. The number of benzene rings is 2. The monoisotopic (exact) mass is 381 g/mol. The van der Waals surface area contributed by atoms with E-state index in [2.05, 4.69) is 61.6 Å². The van der Waals surface area contributed by atoms with E-state index in [9.17, 15) is 0 Å². The fraction of sp³-hybridized carbons (Fsp3) is 0.500. The van der Waals surface area contributed by atoms with Gasteiger partial charge in [-0.2, -0.15) is 0 Å². The third-order valence-corrected chi connectivity index (χ3v) is 5.95. The molecule has 4 heteroatoms. The van der Waals surface area contributed by atoms with Crippen LogP contribution < -0.4 is 14.8 Å². The third kappa shape index (κ3) is 4.68. The SMILES string of the molecule is CC1(C)C[C@](CCNCc2ccc3c(c2)OCO3)(Cc2ccccc2)CCO1. The van der Waals surface area contributed by atoms with E-state index in [0.29, 0.717) is 6.79 Å². The highest BCUT2D eigenvalue weighted by Crippen LogP contribution is 2.43. The molecule has 2 aliphatic rings. The van der Waals surface area contributed by atoms with Crippen LogP contribution in [0, 0.1) is 5.41 Å². The summed E-state index contributed by atoms with van der Waals surface area (Å²) < 4.78 is 16.9. The summed E-state index contributed by atoms with van der Waals surface area (Å²) in [6.45, 7) is 7.47. The predicted molar refractivity (Wildman–Crippen MR) is 111 cm³/mol. The molecule has 0 aliphatic carbocycles. The molecule has 1 N–H and O–H groups in total. The molecular formula is C24H31NO3. The van der Waals surface area contributed by atoms with Crippen LogP contribution in [-0.2, 0) is 17.7 Å². The Bertz CT molecular complexity index is 790. The molecule has 28 heavy (non-hydrogen) atoms. The van der Waals surface area contributed by atoms with Crippen molar-refractivity contribution < 1.29 is 14.2 Å². The van der Waals surface area contributed by atoms with Gasteiger partial charge in [-0.25, -0.2) is 0 Å². The highest BCUT2D eigenvalue weighted by Gasteiger charge is 2.40. The number of hydrogen-bond acceptors (Lipinski definition) is 4. The average molecular weight is 382 g/mol. The maximum Gasteiger partial charge on any atom is 0.231 e. The zero-order chi connectivity index (χ0) is 19.5. The number of ether oxygens (including phenoxy) is 3. The van der Waals surface area contributed by atoms with E-state index >= 15 is 0 Å². The lowest BCUT2D eigenvalue weighted by molar-refractivity contribution is -0.107. The van der Waals surface area contributed by atoms with Gasteiger partial charge in [0.25, 0.3) is 0 Å². The van der Waals surface area contributed by atoms with Crippen molar-refractivity contribution in [2.45, 2.75) is 51.7 Å². The molecule has 0 spiro atoms. The van der Waals surface area contributed by atoms with Crippen LogP contribution in [0.5, 0.6) is 11.5 Å². The first kappa shape index (κ1) is 19.3. The molecule has 1 fully saturated rings. The molecule has 150 valence electrons. The molecule has 0 bridgehead atoms. The number of nitrogens with one attached hydrogen (secondary N) is 1. The van der Waals surface area contributed by atoms with E-state index in [1.54, 1.807) is 0 Å². The van der Waals surface area contributed by atoms with E-state index in [1.807, 2.05) is 6.07 Å². The lowest BCUT2D eigenvalue weighted by Gasteiger charge is -2.45. The Morgan fingerprint density at radius 2 is 1.79 bits per heavy atom. The minimum Gasteiger partial charge on any atom is -0.454 e. The molecule has 0 amide bonds. The van der Waals surface area contributed by atoms with Gasteiger partial charge in [0.1, 0.15) is 0 Å². The molecule has 2 heterocycles. The third-order valence-electron chi connectivity index (χ3n) is 5.95.